The van der Waals surface area contributed by atoms with Crippen molar-refractivity contribution in [2.24, 2.45) is 22.7 Å². The van der Waals surface area contributed by atoms with Crippen LogP contribution in [0.5, 0.6) is 5.75 Å². The lowest BCUT2D eigenvalue weighted by Crippen LogP contribution is -2.53. The summed E-state index contributed by atoms with van der Waals surface area (Å²) < 4.78 is 2.22. The molecule has 0 saturated carbocycles. The number of fused-ring (bicyclic) bond motifs is 4. The zero-order valence-electron chi connectivity index (χ0n) is 37.1. The highest BCUT2D eigenvalue weighted by Gasteiger charge is 2.34. The standard InChI is InChI=1S/C37H45N7S.C10H12O.C6H6/c1-24-26(3)45-37-34(24)35(38-25(2)36-40-39-27(4)44(36)37)31-10-12-33(13-11-31)42-20-29(21-42)18-28-14-16-41(17-15-28)19-30-22-43(23-30)32-8-6-5-7-9-32;11-10-6-5-8-3-1-2-4-9(8)7-10;1-2-4-6-5-3-1/h5-13,25,28-30H,14-23H2,1-4H3;5-7,11H,1-4H2;1-6H/t25-;;/m0../s1. The number of likely N-dealkylation sites (tertiary alicyclic amines) is 1. The van der Waals surface area contributed by atoms with E-state index in [9.17, 15) is 5.11 Å². The average molecular weight is 846 g/mol. The first kappa shape index (κ1) is 42.1. The molecule has 8 nitrogen and oxygen atoms in total. The molecule has 5 aliphatic rings. The number of phenols is 1. The SMILES string of the molecule is Cc1sc2c(c1C)C(c1ccc(N3CC(CC4CCN(CC5CN(c6ccccc6)C5)CC4)C3)cc1)=N[C@@H](C)c1nnc(C)n1-2.Oc1ccc2c(c1)CCCC2.c1ccccc1. The van der Waals surface area contributed by atoms with Gasteiger partial charge in [0.15, 0.2) is 5.82 Å². The maximum Gasteiger partial charge on any atom is 0.162 e. The molecule has 6 heterocycles. The summed E-state index contributed by atoms with van der Waals surface area (Å²) in [6.45, 7) is 17.3. The largest absolute Gasteiger partial charge is 0.508 e. The van der Waals surface area contributed by atoms with E-state index in [4.69, 9.17) is 4.99 Å². The molecule has 11 rings (SSSR count). The lowest BCUT2D eigenvalue weighted by atomic mass is 9.83. The molecule has 322 valence electrons. The first-order valence-electron chi connectivity index (χ1n) is 23.1. The Morgan fingerprint density at radius 2 is 1.29 bits per heavy atom. The molecule has 0 unspecified atom stereocenters. The first-order chi connectivity index (χ1) is 30.3. The van der Waals surface area contributed by atoms with E-state index in [2.05, 4.69) is 105 Å². The monoisotopic (exact) mass is 845 g/mol. The van der Waals surface area contributed by atoms with Gasteiger partial charge in [0.25, 0.3) is 0 Å². The number of hydrogen-bond donors (Lipinski definition) is 1. The molecular formula is C53H63N7OS. The minimum absolute atomic E-state index is 0.0496. The van der Waals surface area contributed by atoms with Gasteiger partial charge in [0.1, 0.15) is 22.6 Å². The van der Waals surface area contributed by atoms with Gasteiger partial charge in [-0.2, -0.15) is 0 Å². The highest BCUT2D eigenvalue weighted by molar-refractivity contribution is 7.15. The summed E-state index contributed by atoms with van der Waals surface area (Å²) in [5, 5.41) is 19.3. The Kier molecular flexibility index (Phi) is 12.9. The maximum absolute atomic E-state index is 9.19. The summed E-state index contributed by atoms with van der Waals surface area (Å²) in [6.07, 6.45) is 9.05. The summed E-state index contributed by atoms with van der Waals surface area (Å²) in [5.41, 5.74) is 10.3. The third-order valence-electron chi connectivity index (χ3n) is 13.8. The first-order valence-corrected chi connectivity index (χ1v) is 23.9. The van der Waals surface area contributed by atoms with Crippen LogP contribution in [0.3, 0.4) is 0 Å². The molecule has 3 fully saturated rings. The number of thiophene rings is 1. The Morgan fingerprint density at radius 1 is 0.677 bits per heavy atom. The van der Waals surface area contributed by atoms with Crippen molar-refractivity contribution in [3.8, 4) is 10.8 Å². The summed E-state index contributed by atoms with van der Waals surface area (Å²) >= 11 is 1.82. The van der Waals surface area contributed by atoms with Gasteiger partial charge < -0.3 is 19.8 Å². The number of benzene rings is 4. The number of aryl methyl sites for hydroxylation is 4. The number of nitrogens with zero attached hydrogens (tertiary/aromatic N) is 7. The van der Waals surface area contributed by atoms with E-state index >= 15 is 0 Å². The summed E-state index contributed by atoms with van der Waals surface area (Å²) in [7, 11) is 0. The molecule has 0 amide bonds. The molecule has 9 heteroatoms. The zero-order valence-corrected chi connectivity index (χ0v) is 37.9. The fraction of sp³-hybridized carbons (Fsp3) is 0.415. The van der Waals surface area contributed by atoms with Crippen molar-refractivity contribution in [2.75, 3.05) is 55.6 Å². The Labute approximate surface area is 373 Å². The van der Waals surface area contributed by atoms with Gasteiger partial charge in [0, 0.05) is 66.0 Å². The minimum atomic E-state index is -0.0496. The quantitative estimate of drug-likeness (QED) is 0.173. The Bertz CT molecular complexity index is 2390. The number of rotatable bonds is 7. The Balaban J connectivity index is 0.000000238. The predicted octanol–water partition coefficient (Wildman–Crippen LogP) is 10.8. The number of aromatic nitrogens is 3. The number of piperidine rings is 1. The van der Waals surface area contributed by atoms with Crippen LogP contribution in [0.25, 0.3) is 5.00 Å². The third-order valence-corrected chi connectivity index (χ3v) is 15.0. The van der Waals surface area contributed by atoms with Crippen molar-refractivity contribution >= 4 is 28.4 Å². The van der Waals surface area contributed by atoms with Crippen molar-refractivity contribution in [2.45, 2.75) is 78.7 Å². The lowest BCUT2D eigenvalue weighted by Gasteiger charge is -2.46. The fourth-order valence-corrected chi connectivity index (χ4v) is 11.3. The summed E-state index contributed by atoms with van der Waals surface area (Å²) in [5.74, 6) is 4.81. The molecule has 62 heavy (non-hydrogen) atoms. The smallest absolute Gasteiger partial charge is 0.162 e. The number of hydrogen-bond acceptors (Lipinski definition) is 8. The number of aromatic hydroxyl groups is 1. The van der Waals surface area contributed by atoms with Gasteiger partial charge in [0.05, 0.1) is 5.71 Å². The highest BCUT2D eigenvalue weighted by atomic mass is 32.1. The van der Waals surface area contributed by atoms with Gasteiger partial charge in [-0.3, -0.25) is 9.56 Å². The lowest BCUT2D eigenvalue weighted by molar-refractivity contribution is 0.134. The van der Waals surface area contributed by atoms with Crippen LogP contribution in [-0.2, 0) is 12.8 Å². The van der Waals surface area contributed by atoms with Crippen LogP contribution in [0.2, 0.25) is 0 Å². The van der Waals surface area contributed by atoms with E-state index in [-0.39, 0.29) is 6.04 Å². The molecular weight excluding hydrogens is 783 g/mol. The molecule has 6 aromatic rings. The Morgan fingerprint density at radius 3 is 1.97 bits per heavy atom. The van der Waals surface area contributed by atoms with Crippen LogP contribution in [0.4, 0.5) is 11.4 Å². The van der Waals surface area contributed by atoms with E-state index in [1.165, 1.54) is 133 Å². The highest BCUT2D eigenvalue weighted by Crippen LogP contribution is 2.39. The summed E-state index contributed by atoms with van der Waals surface area (Å²) in [4.78, 5) is 14.4. The molecule has 1 aliphatic carbocycles. The van der Waals surface area contributed by atoms with Gasteiger partial charge in [-0.25, -0.2) is 0 Å². The second kappa shape index (κ2) is 19.0. The van der Waals surface area contributed by atoms with E-state index in [1.807, 2.05) is 66.8 Å². The van der Waals surface area contributed by atoms with E-state index in [1.54, 1.807) is 6.07 Å². The number of aliphatic imine (C=N–C) groups is 1. The minimum Gasteiger partial charge on any atom is -0.508 e. The van der Waals surface area contributed by atoms with E-state index in [0.717, 1.165) is 41.5 Å². The number of anilines is 2. The molecule has 0 spiro atoms. The maximum atomic E-state index is 9.19. The van der Waals surface area contributed by atoms with Crippen molar-refractivity contribution < 1.29 is 5.11 Å². The van der Waals surface area contributed by atoms with Crippen LogP contribution >= 0.6 is 11.3 Å². The molecule has 1 N–H and O–H groups in total. The topological polar surface area (TPSA) is 73.0 Å². The number of para-hydroxylation sites is 1. The molecule has 1 atom stereocenters. The van der Waals surface area contributed by atoms with Crippen molar-refractivity contribution in [1.82, 2.24) is 19.7 Å². The normalized spacial score (nSPS) is 19.0. The predicted molar refractivity (Wildman–Crippen MR) is 257 cm³/mol. The van der Waals surface area contributed by atoms with Gasteiger partial charge >= 0.3 is 0 Å². The molecule has 4 aliphatic heterocycles. The van der Waals surface area contributed by atoms with Gasteiger partial charge in [-0.15, -0.1) is 21.5 Å². The summed E-state index contributed by atoms with van der Waals surface area (Å²) in [6, 6.07) is 37.7. The third kappa shape index (κ3) is 9.40. The zero-order chi connectivity index (χ0) is 42.6. The number of phenolic OH excluding ortho intramolecular Hbond substituents is 1. The van der Waals surface area contributed by atoms with Crippen molar-refractivity contribution in [1.29, 1.82) is 0 Å². The van der Waals surface area contributed by atoms with Crippen LogP contribution in [0.1, 0.15) is 89.4 Å². The molecule has 4 aromatic carbocycles. The average Bonchev–Trinajstić information content (AvgIpc) is 3.77. The van der Waals surface area contributed by atoms with Crippen LogP contribution < -0.4 is 9.80 Å². The van der Waals surface area contributed by atoms with Crippen LogP contribution in [0, 0.1) is 38.5 Å². The van der Waals surface area contributed by atoms with Crippen molar-refractivity contribution in [3.05, 3.63) is 154 Å². The van der Waals surface area contributed by atoms with Gasteiger partial charge in [0.2, 0.25) is 0 Å². The van der Waals surface area contributed by atoms with Crippen molar-refractivity contribution in [3.63, 3.8) is 0 Å². The van der Waals surface area contributed by atoms with E-state index < -0.39 is 0 Å². The molecule has 2 aromatic heterocycles. The fourth-order valence-electron chi connectivity index (χ4n) is 10.1. The van der Waals surface area contributed by atoms with Crippen LogP contribution in [0.15, 0.2) is 114 Å². The molecule has 3 saturated heterocycles. The van der Waals surface area contributed by atoms with E-state index in [0.29, 0.717) is 5.75 Å². The molecule has 0 radical (unpaired) electrons. The van der Waals surface area contributed by atoms with Gasteiger partial charge in [-0.05, 0) is 151 Å². The van der Waals surface area contributed by atoms with Gasteiger partial charge in [-0.1, -0.05) is 72.8 Å². The second-order valence-corrected chi connectivity index (χ2v) is 19.5. The molecule has 0 bridgehead atoms. The second-order valence-electron chi connectivity index (χ2n) is 18.3. The Hall–Kier alpha value is -5.25. The van der Waals surface area contributed by atoms with Crippen LogP contribution in [-0.4, -0.2) is 76.3 Å².